The van der Waals surface area contributed by atoms with Crippen LogP contribution < -0.4 is 5.56 Å². The first kappa shape index (κ1) is 12.4. The smallest absolute Gasteiger partial charge is 0.251 e. The molecule has 3 aromatic rings. The number of aromatic nitrogens is 2. The predicted octanol–water partition coefficient (Wildman–Crippen LogP) is 3.53. The highest BCUT2D eigenvalue weighted by molar-refractivity contribution is 9.08. The maximum absolute atomic E-state index is 11.8. The Kier molecular flexibility index (Phi) is 3.11. The molecule has 0 amide bonds. The lowest BCUT2D eigenvalue weighted by molar-refractivity contribution is 1.08. The Hall–Kier alpha value is -1.68. The van der Waals surface area contributed by atoms with E-state index in [1.165, 1.54) is 5.56 Å². The molecule has 2 aromatic heterocycles. The molecule has 96 valence electrons. The highest BCUT2D eigenvalue weighted by Gasteiger charge is 2.05. The van der Waals surface area contributed by atoms with Gasteiger partial charge >= 0.3 is 0 Å². The summed E-state index contributed by atoms with van der Waals surface area (Å²) < 4.78 is 0. The first-order valence-electron chi connectivity index (χ1n) is 6.23. The molecule has 0 saturated carbocycles. The van der Waals surface area contributed by atoms with Crippen LogP contribution >= 0.6 is 15.9 Å². The number of pyridine rings is 2. The van der Waals surface area contributed by atoms with Crippen molar-refractivity contribution < 1.29 is 0 Å². The molecule has 1 aromatic carbocycles. The van der Waals surface area contributed by atoms with Crippen molar-refractivity contribution in [2.75, 3.05) is 0 Å². The van der Waals surface area contributed by atoms with Gasteiger partial charge < -0.3 is 4.98 Å². The van der Waals surface area contributed by atoms with Crippen LogP contribution in [0.2, 0.25) is 0 Å². The van der Waals surface area contributed by atoms with Crippen LogP contribution in [0.15, 0.2) is 35.1 Å². The van der Waals surface area contributed by atoms with Gasteiger partial charge in [0, 0.05) is 16.3 Å². The van der Waals surface area contributed by atoms with E-state index in [9.17, 15) is 4.79 Å². The molecule has 0 unspecified atom stereocenters. The summed E-state index contributed by atoms with van der Waals surface area (Å²) in [6, 6.07) is 10.0. The normalized spacial score (nSPS) is 11.3. The van der Waals surface area contributed by atoms with E-state index in [0.29, 0.717) is 6.42 Å². The number of fused-ring (bicyclic) bond motifs is 2. The van der Waals surface area contributed by atoms with Crippen molar-refractivity contribution in [2.45, 2.75) is 18.7 Å². The van der Waals surface area contributed by atoms with Crippen molar-refractivity contribution in [1.29, 1.82) is 0 Å². The SMILES string of the molecule is CCc1cc2nc3cc(CBr)ccc3cc2[nH]c1=O. The van der Waals surface area contributed by atoms with E-state index in [1.54, 1.807) is 0 Å². The summed E-state index contributed by atoms with van der Waals surface area (Å²) in [5.74, 6) is 0. The minimum Gasteiger partial charge on any atom is -0.320 e. The lowest BCUT2D eigenvalue weighted by Gasteiger charge is -2.04. The molecule has 0 bridgehead atoms. The van der Waals surface area contributed by atoms with Crippen LogP contribution in [0.3, 0.4) is 0 Å². The van der Waals surface area contributed by atoms with Gasteiger partial charge in [0.2, 0.25) is 0 Å². The molecule has 1 N–H and O–H groups in total. The summed E-state index contributed by atoms with van der Waals surface area (Å²) in [4.78, 5) is 19.4. The van der Waals surface area contributed by atoms with E-state index in [0.717, 1.165) is 32.8 Å². The van der Waals surface area contributed by atoms with Crippen LogP contribution in [-0.2, 0) is 11.8 Å². The third-order valence-electron chi connectivity index (χ3n) is 3.30. The van der Waals surface area contributed by atoms with Crippen molar-refractivity contribution in [3.05, 3.63) is 51.8 Å². The van der Waals surface area contributed by atoms with Crippen LogP contribution in [0.1, 0.15) is 18.1 Å². The van der Waals surface area contributed by atoms with Gasteiger partial charge in [0.1, 0.15) is 0 Å². The van der Waals surface area contributed by atoms with Gasteiger partial charge in [-0.15, -0.1) is 0 Å². The quantitative estimate of drug-likeness (QED) is 0.580. The summed E-state index contributed by atoms with van der Waals surface area (Å²) in [5, 5.41) is 1.85. The van der Waals surface area contributed by atoms with Gasteiger partial charge in [-0.25, -0.2) is 4.98 Å². The standard InChI is InChI=1S/C15H13BrN2O/c1-2-10-6-13-14(18-15(10)19)7-11-4-3-9(8-16)5-12(11)17-13/h3-7H,2,8H2,1H3,(H,18,19). The molecule has 0 radical (unpaired) electrons. The summed E-state index contributed by atoms with van der Waals surface area (Å²) in [5.41, 5.74) is 4.54. The number of halogens is 1. The second-order valence-electron chi connectivity index (χ2n) is 4.56. The van der Waals surface area contributed by atoms with Gasteiger partial charge in [-0.1, -0.05) is 35.0 Å². The maximum Gasteiger partial charge on any atom is 0.251 e. The van der Waals surface area contributed by atoms with E-state index < -0.39 is 0 Å². The molecule has 0 atom stereocenters. The van der Waals surface area contributed by atoms with E-state index >= 15 is 0 Å². The van der Waals surface area contributed by atoms with Crippen LogP contribution in [0.4, 0.5) is 0 Å². The molecule has 3 nitrogen and oxygen atoms in total. The minimum atomic E-state index is -0.0202. The molecule has 19 heavy (non-hydrogen) atoms. The van der Waals surface area contributed by atoms with E-state index in [2.05, 4.69) is 38.0 Å². The molecule has 3 rings (SSSR count). The van der Waals surface area contributed by atoms with Gasteiger partial charge in [0.25, 0.3) is 5.56 Å². The topological polar surface area (TPSA) is 45.8 Å². The number of nitrogens with zero attached hydrogens (tertiary/aromatic N) is 1. The molecular weight excluding hydrogens is 304 g/mol. The van der Waals surface area contributed by atoms with Crippen LogP contribution in [0.25, 0.3) is 21.9 Å². The Morgan fingerprint density at radius 2 is 2.05 bits per heavy atom. The summed E-state index contributed by atoms with van der Waals surface area (Å²) >= 11 is 3.45. The van der Waals surface area contributed by atoms with Gasteiger partial charge in [-0.2, -0.15) is 0 Å². The Morgan fingerprint density at radius 3 is 2.79 bits per heavy atom. The largest absolute Gasteiger partial charge is 0.320 e. The maximum atomic E-state index is 11.8. The summed E-state index contributed by atoms with van der Waals surface area (Å²) in [6.45, 7) is 1.97. The highest BCUT2D eigenvalue weighted by Crippen LogP contribution is 2.20. The number of alkyl halides is 1. The lowest BCUT2D eigenvalue weighted by Crippen LogP contribution is -2.11. The zero-order valence-electron chi connectivity index (χ0n) is 10.5. The monoisotopic (exact) mass is 316 g/mol. The predicted molar refractivity (Wildman–Crippen MR) is 81.9 cm³/mol. The summed E-state index contributed by atoms with van der Waals surface area (Å²) in [6.07, 6.45) is 0.715. The number of benzene rings is 1. The molecule has 0 saturated heterocycles. The number of hydrogen-bond donors (Lipinski definition) is 1. The molecule has 0 aliphatic heterocycles. The Bertz CT molecular complexity index is 823. The first-order chi connectivity index (χ1) is 9.21. The second kappa shape index (κ2) is 4.78. The van der Waals surface area contributed by atoms with Crippen LogP contribution in [-0.4, -0.2) is 9.97 Å². The van der Waals surface area contributed by atoms with Crippen molar-refractivity contribution in [3.8, 4) is 0 Å². The molecule has 0 spiro atoms. The third-order valence-corrected chi connectivity index (χ3v) is 3.95. The first-order valence-corrected chi connectivity index (χ1v) is 7.35. The molecule has 0 aliphatic carbocycles. The Labute approximate surface area is 118 Å². The van der Waals surface area contributed by atoms with E-state index in [-0.39, 0.29) is 5.56 Å². The molecule has 0 fully saturated rings. The Balaban J connectivity index is 2.35. The number of nitrogens with one attached hydrogen (secondary N) is 1. The average molecular weight is 317 g/mol. The molecule has 4 heteroatoms. The fourth-order valence-corrected chi connectivity index (χ4v) is 2.57. The number of rotatable bonds is 2. The lowest BCUT2D eigenvalue weighted by atomic mass is 10.1. The van der Waals surface area contributed by atoms with Crippen molar-refractivity contribution in [3.63, 3.8) is 0 Å². The van der Waals surface area contributed by atoms with E-state index in [4.69, 9.17) is 0 Å². The zero-order chi connectivity index (χ0) is 13.4. The van der Waals surface area contributed by atoms with Gasteiger partial charge in [-0.3, -0.25) is 4.79 Å². The van der Waals surface area contributed by atoms with Crippen LogP contribution in [0, 0.1) is 0 Å². The molecule has 2 heterocycles. The highest BCUT2D eigenvalue weighted by atomic mass is 79.9. The molecular formula is C15H13BrN2O. The van der Waals surface area contributed by atoms with Crippen molar-refractivity contribution >= 4 is 37.9 Å². The van der Waals surface area contributed by atoms with E-state index in [1.807, 2.05) is 25.1 Å². The number of aryl methyl sites for hydroxylation is 1. The van der Waals surface area contributed by atoms with Gasteiger partial charge in [-0.05, 0) is 30.2 Å². The van der Waals surface area contributed by atoms with Gasteiger partial charge in [0.05, 0.1) is 16.6 Å². The number of aromatic amines is 1. The van der Waals surface area contributed by atoms with Crippen LogP contribution in [0.5, 0.6) is 0 Å². The number of H-pyrrole nitrogens is 1. The second-order valence-corrected chi connectivity index (χ2v) is 5.12. The number of hydrogen-bond acceptors (Lipinski definition) is 2. The van der Waals surface area contributed by atoms with Crippen molar-refractivity contribution in [2.24, 2.45) is 0 Å². The summed E-state index contributed by atoms with van der Waals surface area (Å²) in [7, 11) is 0. The van der Waals surface area contributed by atoms with Gasteiger partial charge in [0.15, 0.2) is 0 Å². The average Bonchev–Trinajstić information content (AvgIpc) is 2.44. The fourth-order valence-electron chi connectivity index (χ4n) is 2.22. The Morgan fingerprint density at radius 1 is 1.21 bits per heavy atom. The van der Waals surface area contributed by atoms with Crippen molar-refractivity contribution in [1.82, 2.24) is 9.97 Å². The zero-order valence-corrected chi connectivity index (χ0v) is 12.1. The molecule has 0 aliphatic rings. The minimum absolute atomic E-state index is 0.0202. The fraction of sp³-hybridized carbons (Fsp3) is 0.200. The third kappa shape index (κ3) is 2.16.